The highest BCUT2D eigenvalue weighted by Crippen LogP contribution is 2.20. The summed E-state index contributed by atoms with van der Waals surface area (Å²) in [5.41, 5.74) is 1.20. The summed E-state index contributed by atoms with van der Waals surface area (Å²) in [6, 6.07) is 10.1. The number of aromatic nitrogens is 2. The molecule has 0 aliphatic heterocycles. The summed E-state index contributed by atoms with van der Waals surface area (Å²) in [7, 11) is -3.18. The Balaban J connectivity index is 2.18. The van der Waals surface area contributed by atoms with Crippen LogP contribution >= 0.6 is 15.9 Å². The maximum absolute atomic E-state index is 11.4. The lowest BCUT2D eigenvalue weighted by Gasteiger charge is -2.14. The lowest BCUT2D eigenvalue weighted by molar-refractivity contribution is 0.548. The molecule has 1 aromatic heterocycles. The molecule has 0 aliphatic carbocycles. The average molecular weight is 343 g/mol. The maximum Gasteiger partial charge on any atom is 0.178 e. The summed E-state index contributed by atoms with van der Waals surface area (Å²) < 4.78 is 24.5. The highest BCUT2D eigenvalue weighted by molar-refractivity contribution is 9.09. The fourth-order valence-corrected chi connectivity index (χ4v) is 2.96. The van der Waals surface area contributed by atoms with Crippen molar-refractivity contribution in [2.45, 2.75) is 17.4 Å². The van der Waals surface area contributed by atoms with Gasteiger partial charge in [-0.15, -0.1) is 0 Å². The lowest BCUT2D eigenvalue weighted by atomic mass is 10.0. The Bertz CT molecular complexity index is 638. The van der Waals surface area contributed by atoms with Gasteiger partial charge in [0.25, 0.3) is 0 Å². The molecule has 0 N–H and O–H groups in total. The van der Waals surface area contributed by atoms with Gasteiger partial charge in [-0.1, -0.05) is 46.3 Å². The van der Waals surface area contributed by atoms with Crippen LogP contribution in [0.2, 0.25) is 0 Å². The predicted molar refractivity (Wildman–Crippen MR) is 78.3 cm³/mol. The van der Waals surface area contributed by atoms with Crippen LogP contribution in [0.3, 0.4) is 0 Å². The van der Waals surface area contributed by atoms with E-state index in [0.717, 1.165) is 5.33 Å². The highest BCUT2D eigenvalue weighted by Gasteiger charge is 2.14. The van der Waals surface area contributed by atoms with Gasteiger partial charge in [0.05, 0.1) is 6.20 Å². The van der Waals surface area contributed by atoms with E-state index in [1.807, 2.05) is 18.2 Å². The van der Waals surface area contributed by atoms with Gasteiger partial charge in [0.2, 0.25) is 0 Å². The fraction of sp³-hybridized carbons (Fsp3) is 0.308. The van der Waals surface area contributed by atoms with Gasteiger partial charge in [0.1, 0.15) is 4.90 Å². The van der Waals surface area contributed by atoms with Crippen LogP contribution in [0, 0.1) is 0 Å². The first-order valence-electron chi connectivity index (χ1n) is 5.84. The van der Waals surface area contributed by atoms with Gasteiger partial charge in [-0.05, 0) is 5.56 Å². The standard InChI is InChI=1S/C13H15BrN2O2S/c1-19(17,18)13-8-15-16(10-13)9-12(7-14)11-5-3-2-4-6-11/h2-6,8,10,12H,7,9H2,1H3. The topological polar surface area (TPSA) is 52.0 Å². The van der Waals surface area contributed by atoms with E-state index < -0.39 is 9.84 Å². The van der Waals surface area contributed by atoms with Gasteiger partial charge in [0, 0.05) is 30.2 Å². The number of benzene rings is 1. The number of hydrogen-bond donors (Lipinski definition) is 0. The molecule has 2 aromatic rings. The number of alkyl halides is 1. The minimum atomic E-state index is -3.18. The normalized spacial score (nSPS) is 13.4. The van der Waals surface area contributed by atoms with Gasteiger partial charge >= 0.3 is 0 Å². The van der Waals surface area contributed by atoms with Crippen LogP contribution in [0.1, 0.15) is 11.5 Å². The first kappa shape index (κ1) is 14.3. The van der Waals surface area contributed by atoms with Crippen LogP contribution < -0.4 is 0 Å². The molecule has 0 amide bonds. The quantitative estimate of drug-likeness (QED) is 0.784. The molecule has 4 nitrogen and oxygen atoms in total. The van der Waals surface area contributed by atoms with E-state index in [1.165, 1.54) is 18.0 Å². The van der Waals surface area contributed by atoms with Crippen LogP contribution in [0.15, 0.2) is 47.6 Å². The Morgan fingerprint density at radius 1 is 1.32 bits per heavy atom. The molecule has 0 fully saturated rings. The van der Waals surface area contributed by atoms with Crippen LogP contribution in [-0.2, 0) is 16.4 Å². The van der Waals surface area contributed by atoms with Gasteiger partial charge in [-0.2, -0.15) is 5.10 Å². The molecule has 1 heterocycles. The molecule has 1 unspecified atom stereocenters. The zero-order chi connectivity index (χ0) is 13.9. The number of halogens is 1. The molecule has 0 saturated heterocycles. The molecular formula is C13H15BrN2O2S. The molecular weight excluding hydrogens is 328 g/mol. The van der Waals surface area contributed by atoms with Crippen molar-refractivity contribution in [3.63, 3.8) is 0 Å². The zero-order valence-corrected chi connectivity index (χ0v) is 12.9. The van der Waals surface area contributed by atoms with Crippen molar-refractivity contribution in [1.29, 1.82) is 0 Å². The van der Waals surface area contributed by atoms with Crippen LogP contribution in [0.25, 0.3) is 0 Å². The lowest BCUT2D eigenvalue weighted by Crippen LogP contribution is -2.11. The largest absolute Gasteiger partial charge is 0.271 e. The third-order valence-corrected chi connectivity index (χ3v) is 4.75. The van der Waals surface area contributed by atoms with Gasteiger partial charge < -0.3 is 0 Å². The third kappa shape index (κ3) is 3.67. The molecule has 0 saturated carbocycles. The predicted octanol–water partition coefficient (Wildman–Crippen LogP) is 2.47. The Morgan fingerprint density at radius 2 is 2.00 bits per heavy atom. The minimum absolute atomic E-state index is 0.258. The number of hydrogen-bond acceptors (Lipinski definition) is 3. The van der Waals surface area contributed by atoms with E-state index in [9.17, 15) is 8.42 Å². The molecule has 102 valence electrons. The Morgan fingerprint density at radius 3 is 2.53 bits per heavy atom. The Kier molecular flexibility index (Phi) is 4.42. The van der Waals surface area contributed by atoms with Crippen LogP contribution in [-0.4, -0.2) is 29.8 Å². The summed E-state index contributed by atoms with van der Waals surface area (Å²) in [5.74, 6) is 0.258. The Labute approximate surface area is 121 Å². The second-order valence-electron chi connectivity index (χ2n) is 4.43. The molecule has 2 rings (SSSR count). The van der Waals surface area contributed by atoms with Crippen LogP contribution in [0.4, 0.5) is 0 Å². The molecule has 19 heavy (non-hydrogen) atoms. The fourth-order valence-electron chi connectivity index (χ4n) is 1.83. The summed E-state index contributed by atoms with van der Waals surface area (Å²) >= 11 is 3.50. The highest BCUT2D eigenvalue weighted by atomic mass is 79.9. The van der Waals surface area contributed by atoms with Crippen molar-refractivity contribution in [3.05, 3.63) is 48.3 Å². The van der Waals surface area contributed by atoms with E-state index >= 15 is 0 Å². The first-order chi connectivity index (χ1) is 9.00. The summed E-state index contributed by atoms with van der Waals surface area (Å²) in [5, 5.41) is 4.91. The molecule has 0 bridgehead atoms. The van der Waals surface area contributed by atoms with Crippen molar-refractivity contribution >= 4 is 25.8 Å². The van der Waals surface area contributed by atoms with E-state index in [-0.39, 0.29) is 10.8 Å². The second kappa shape index (κ2) is 5.88. The Hall–Kier alpha value is -1.14. The maximum atomic E-state index is 11.4. The SMILES string of the molecule is CS(=O)(=O)c1cnn(CC(CBr)c2ccccc2)c1. The average Bonchev–Trinajstić information content (AvgIpc) is 2.85. The van der Waals surface area contributed by atoms with Crippen molar-refractivity contribution < 1.29 is 8.42 Å². The number of rotatable bonds is 5. The van der Waals surface area contributed by atoms with Crippen molar-refractivity contribution in [2.24, 2.45) is 0 Å². The van der Waals surface area contributed by atoms with E-state index in [4.69, 9.17) is 0 Å². The monoisotopic (exact) mass is 342 g/mol. The van der Waals surface area contributed by atoms with Gasteiger partial charge in [-0.25, -0.2) is 8.42 Å². The van der Waals surface area contributed by atoms with E-state index in [0.29, 0.717) is 6.54 Å². The molecule has 0 aliphatic rings. The summed E-state index contributed by atoms with van der Waals surface area (Å²) in [4.78, 5) is 0.258. The number of sulfone groups is 1. The van der Waals surface area contributed by atoms with Gasteiger partial charge in [-0.3, -0.25) is 4.68 Å². The molecule has 0 radical (unpaired) electrons. The third-order valence-electron chi connectivity index (χ3n) is 2.90. The van der Waals surface area contributed by atoms with E-state index in [2.05, 4.69) is 33.2 Å². The van der Waals surface area contributed by atoms with Crippen molar-refractivity contribution in [1.82, 2.24) is 9.78 Å². The van der Waals surface area contributed by atoms with Crippen molar-refractivity contribution in [2.75, 3.05) is 11.6 Å². The van der Waals surface area contributed by atoms with Crippen molar-refractivity contribution in [3.8, 4) is 0 Å². The number of nitrogens with zero attached hydrogens (tertiary/aromatic N) is 2. The molecule has 1 atom stereocenters. The molecule has 1 aromatic carbocycles. The first-order valence-corrected chi connectivity index (χ1v) is 8.85. The van der Waals surface area contributed by atoms with Gasteiger partial charge in [0.15, 0.2) is 9.84 Å². The summed E-state index contributed by atoms with van der Waals surface area (Å²) in [6.45, 7) is 0.644. The minimum Gasteiger partial charge on any atom is -0.271 e. The van der Waals surface area contributed by atoms with E-state index in [1.54, 1.807) is 10.9 Å². The smallest absolute Gasteiger partial charge is 0.178 e. The summed E-state index contributed by atoms with van der Waals surface area (Å²) in [6.07, 6.45) is 4.16. The van der Waals surface area contributed by atoms with Crippen LogP contribution in [0.5, 0.6) is 0 Å². The zero-order valence-electron chi connectivity index (χ0n) is 10.5. The molecule has 6 heteroatoms. The second-order valence-corrected chi connectivity index (χ2v) is 7.10. The molecule has 0 spiro atoms.